The van der Waals surface area contributed by atoms with Crippen molar-refractivity contribution >= 4 is 21.0 Å². The molecule has 0 heterocycles. The first-order valence-corrected chi connectivity index (χ1v) is 8.30. The van der Waals surface area contributed by atoms with Crippen LogP contribution in [-0.4, -0.2) is 33.1 Å². The summed E-state index contributed by atoms with van der Waals surface area (Å²) in [5, 5.41) is 0. The summed E-state index contributed by atoms with van der Waals surface area (Å²) in [5.74, 6) is 1.16. The highest BCUT2D eigenvalue weighted by Gasteiger charge is 2.24. The summed E-state index contributed by atoms with van der Waals surface area (Å²) in [4.78, 5) is 0.630. The zero-order chi connectivity index (χ0) is 10.8. The van der Waals surface area contributed by atoms with E-state index in [0.29, 0.717) is 4.87 Å². The number of rotatable bonds is 9. The molecule has 0 saturated carbocycles. The van der Waals surface area contributed by atoms with Gasteiger partial charge in [0, 0.05) is 18.1 Å². The molecule has 0 bridgehead atoms. The second-order valence-corrected chi connectivity index (χ2v) is 7.27. The van der Waals surface area contributed by atoms with Crippen LogP contribution in [0.15, 0.2) is 0 Å². The van der Waals surface area contributed by atoms with E-state index in [-0.39, 0.29) is 0 Å². The molecule has 4 heteroatoms. The third kappa shape index (κ3) is 6.06. The fourth-order valence-electron chi connectivity index (χ4n) is 1.39. The van der Waals surface area contributed by atoms with Crippen LogP contribution in [0.1, 0.15) is 40.5 Å². The molecule has 2 nitrogen and oxygen atoms in total. The van der Waals surface area contributed by atoms with E-state index in [1.165, 1.54) is 12.8 Å². The van der Waals surface area contributed by atoms with Crippen molar-refractivity contribution in [2.24, 2.45) is 0 Å². The molecule has 14 heavy (non-hydrogen) atoms. The molecule has 0 unspecified atom stereocenters. The second-order valence-electron chi connectivity index (χ2n) is 3.06. The standard InChI is InChI=1S/C10H24O2SSi/c1-5-9-10(13-8-4)14(11-6-2)12-7-3/h10,14H,5-9H2,1-4H3/t10-/m1/s1. The Balaban J connectivity index is 4.06. The minimum absolute atomic E-state index is 0.630. The van der Waals surface area contributed by atoms with Gasteiger partial charge in [0.1, 0.15) is 0 Å². The largest absolute Gasteiger partial charge is 0.396 e. The van der Waals surface area contributed by atoms with Crippen molar-refractivity contribution in [1.29, 1.82) is 0 Å². The van der Waals surface area contributed by atoms with Gasteiger partial charge in [-0.1, -0.05) is 20.3 Å². The van der Waals surface area contributed by atoms with Crippen molar-refractivity contribution in [3.05, 3.63) is 0 Å². The van der Waals surface area contributed by atoms with E-state index in [1.54, 1.807) is 0 Å². The molecule has 0 spiro atoms. The van der Waals surface area contributed by atoms with Gasteiger partial charge in [0.2, 0.25) is 0 Å². The van der Waals surface area contributed by atoms with E-state index in [4.69, 9.17) is 8.85 Å². The number of hydrogen-bond donors (Lipinski definition) is 0. The van der Waals surface area contributed by atoms with Crippen LogP contribution in [0.25, 0.3) is 0 Å². The van der Waals surface area contributed by atoms with Crippen LogP contribution in [0.3, 0.4) is 0 Å². The van der Waals surface area contributed by atoms with Gasteiger partial charge >= 0.3 is 9.28 Å². The van der Waals surface area contributed by atoms with Crippen LogP contribution < -0.4 is 0 Å². The van der Waals surface area contributed by atoms with Gasteiger partial charge in [0.15, 0.2) is 0 Å². The molecule has 0 N–H and O–H groups in total. The first-order chi connectivity index (χ1) is 6.79. The lowest BCUT2D eigenvalue weighted by molar-refractivity contribution is 0.211. The molecule has 0 saturated heterocycles. The molecule has 86 valence electrons. The summed E-state index contributed by atoms with van der Waals surface area (Å²) < 4.78 is 11.5. The molecule has 0 aliphatic rings. The van der Waals surface area contributed by atoms with Crippen LogP contribution in [0.2, 0.25) is 0 Å². The summed E-state index contributed by atoms with van der Waals surface area (Å²) in [6.45, 7) is 10.1. The van der Waals surface area contributed by atoms with Crippen LogP contribution >= 0.6 is 11.8 Å². The lowest BCUT2D eigenvalue weighted by Gasteiger charge is -2.23. The molecule has 0 fully saturated rings. The van der Waals surface area contributed by atoms with Crippen molar-refractivity contribution in [2.75, 3.05) is 19.0 Å². The van der Waals surface area contributed by atoms with E-state index < -0.39 is 9.28 Å². The van der Waals surface area contributed by atoms with Crippen LogP contribution in [0.4, 0.5) is 0 Å². The van der Waals surface area contributed by atoms with Crippen molar-refractivity contribution in [3.8, 4) is 0 Å². The summed E-state index contributed by atoms with van der Waals surface area (Å²) >= 11 is 2.00. The van der Waals surface area contributed by atoms with E-state index in [2.05, 4.69) is 27.7 Å². The Labute approximate surface area is 94.6 Å². The van der Waals surface area contributed by atoms with Crippen molar-refractivity contribution in [3.63, 3.8) is 0 Å². The van der Waals surface area contributed by atoms with Gasteiger partial charge in [-0.25, -0.2) is 0 Å². The highest BCUT2D eigenvalue weighted by Crippen LogP contribution is 2.20. The van der Waals surface area contributed by atoms with Gasteiger partial charge in [-0.05, 0) is 26.0 Å². The Hall–Kier alpha value is 0.487. The van der Waals surface area contributed by atoms with Gasteiger partial charge in [-0.15, -0.1) is 0 Å². The molecule has 0 aliphatic carbocycles. The van der Waals surface area contributed by atoms with E-state index in [9.17, 15) is 0 Å². The van der Waals surface area contributed by atoms with Crippen molar-refractivity contribution in [2.45, 2.75) is 45.4 Å². The highest BCUT2D eigenvalue weighted by molar-refractivity contribution is 8.01. The lowest BCUT2D eigenvalue weighted by Crippen LogP contribution is -2.35. The molecule has 0 amide bonds. The summed E-state index contributed by atoms with van der Waals surface area (Å²) in [5.41, 5.74) is 0. The lowest BCUT2D eigenvalue weighted by atomic mass is 10.4. The first-order valence-electron chi connectivity index (χ1n) is 5.64. The average molecular weight is 236 g/mol. The van der Waals surface area contributed by atoms with Crippen LogP contribution in [0, 0.1) is 0 Å². The average Bonchev–Trinajstić information content (AvgIpc) is 2.17. The number of hydrogen-bond acceptors (Lipinski definition) is 3. The molecule has 1 atom stereocenters. The predicted molar refractivity (Wildman–Crippen MR) is 67.2 cm³/mol. The molecule has 0 aromatic carbocycles. The SMILES string of the molecule is CCC[C@H](SCC)[SiH](OCC)OCC. The van der Waals surface area contributed by atoms with E-state index >= 15 is 0 Å². The predicted octanol–water partition coefficient (Wildman–Crippen LogP) is 2.74. The monoisotopic (exact) mass is 236 g/mol. The quantitative estimate of drug-likeness (QED) is 0.574. The highest BCUT2D eigenvalue weighted by atomic mass is 32.2. The molecule has 0 rings (SSSR count). The van der Waals surface area contributed by atoms with Gasteiger partial charge in [0.05, 0.1) is 0 Å². The molecular formula is C10H24O2SSi. The molecule has 0 radical (unpaired) electrons. The van der Waals surface area contributed by atoms with E-state index in [1.807, 2.05) is 11.8 Å². The van der Waals surface area contributed by atoms with Gasteiger partial charge in [-0.3, -0.25) is 0 Å². The summed E-state index contributed by atoms with van der Waals surface area (Å²) in [6, 6.07) is 0. The Kier molecular flexibility index (Phi) is 10.4. The maximum atomic E-state index is 5.75. The summed E-state index contributed by atoms with van der Waals surface area (Å²) in [7, 11) is -1.42. The summed E-state index contributed by atoms with van der Waals surface area (Å²) in [6.07, 6.45) is 2.46. The van der Waals surface area contributed by atoms with Gasteiger partial charge in [-0.2, -0.15) is 11.8 Å². The van der Waals surface area contributed by atoms with Crippen molar-refractivity contribution in [1.82, 2.24) is 0 Å². The third-order valence-electron chi connectivity index (χ3n) is 1.92. The Morgan fingerprint density at radius 1 is 1.07 bits per heavy atom. The Morgan fingerprint density at radius 3 is 2.00 bits per heavy atom. The van der Waals surface area contributed by atoms with Gasteiger partial charge in [0.25, 0.3) is 0 Å². The minimum Gasteiger partial charge on any atom is -0.396 e. The van der Waals surface area contributed by atoms with Crippen molar-refractivity contribution < 1.29 is 8.85 Å². The van der Waals surface area contributed by atoms with Crippen LogP contribution in [-0.2, 0) is 8.85 Å². The molecular weight excluding hydrogens is 212 g/mol. The maximum absolute atomic E-state index is 5.75. The first kappa shape index (κ1) is 14.5. The fourth-order valence-corrected chi connectivity index (χ4v) is 5.68. The fraction of sp³-hybridized carbons (Fsp3) is 1.00. The molecule has 0 aromatic heterocycles. The molecule has 0 aliphatic heterocycles. The van der Waals surface area contributed by atoms with Crippen LogP contribution in [0.5, 0.6) is 0 Å². The topological polar surface area (TPSA) is 18.5 Å². The van der Waals surface area contributed by atoms with Gasteiger partial charge < -0.3 is 8.85 Å². The zero-order valence-electron chi connectivity index (χ0n) is 9.91. The Bertz CT molecular complexity index is 98.7. The third-order valence-corrected chi connectivity index (χ3v) is 6.42. The maximum Gasteiger partial charge on any atom is 0.334 e. The van der Waals surface area contributed by atoms with E-state index in [0.717, 1.165) is 19.0 Å². The normalized spacial score (nSPS) is 13.5. The zero-order valence-corrected chi connectivity index (χ0v) is 11.9. The Morgan fingerprint density at radius 2 is 1.64 bits per heavy atom. The number of thioether (sulfide) groups is 1. The smallest absolute Gasteiger partial charge is 0.334 e. The minimum atomic E-state index is -1.42. The molecule has 0 aromatic rings. The second kappa shape index (κ2) is 10.0.